The molecule has 2 nitrogen and oxygen atoms in total. The summed E-state index contributed by atoms with van der Waals surface area (Å²) in [7, 11) is 0. The van der Waals surface area contributed by atoms with Crippen LogP contribution in [0.25, 0.3) is 0 Å². The molecule has 0 saturated carbocycles. The van der Waals surface area contributed by atoms with Crippen molar-refractivity contribution in [3.63, 3.8) is 0 Å². The molecule has 0 aromatic carbocycles. The van der Waals surface area contributed by atoms with Crippen molar-refractivity contribution in [1.82, 2.24) is 0 Å². The van der Waals surface area contributed by atoms with Gasteiger partial charge in [0.1, 0.15) is 0 Å². The molecule has 0 aromatic heterocycles. The molecule has 16 heavy (non-hydrogen) atoms. The maximum Gasteiger partial charge on any atom is 0.0727 e. The Morgan fingerprint density at radius 3 is 2.25 bits per heavy atom. The fourth-order valence-electron chi connectivity index (χ4n) is 0.978. The number of aliphatic imine (C=N–C) groups is 2. The molecule has 0 heterocycles. The summed E-state index contributed by atoms with van der Waals surface area (Å²) in [4.78, 5) is 9.06. The van der Waals surface area contributed by atoms with Crippen LogP contribution in [0.5, 0.6) is 0 Å². The van der Waals surface area contributed by atoms with Crippen LogP contribution in [0, 0.1) is 0 Å². The maximum atomic E-state index is 4.64. The van der Waals surface area contributed by atoms with Gasteiger partial charge >= 0.3 is 0 Å². The highest BCUT2D eigenvalue weighted by molar-refractivity contribution is 9.10. The maximum absolute atomic E-state index is 4.64. The van der Waals surface area contributed by atoms with E-state index in [1.807, 2.05) is 12.3 Å². The van der Waals surface area contributed by atoms with Crippen LogP contribution in [0.15, 0.2) is 22.3 Å². The molecule has 0 rings (SSSR count). The van der Waals surface area contributed by atoms with Crippen LogP contribution in [0.2, 0.25) is 0 Å². The molecule has 0 fully saturated rings. The number of nitrogens with zero attached hydrogens (tertiary/aromatic N) is 2. The first kappa shape index (κ1) is 16.0. The largest absolute Gasteiger partial charge is 0.284 e. The van der Waals surface area contributed by atoms with Crippen molar-refractivity contribution in [2.45, 2.75) is 39.7 Å². The number of allylic oxidation sites excluding steroid dienone is 1. The Balaban J connectivity index is 4.81. The quantitative estimate of drug-likeness (QED) is 0.480. The van der Waals surface area contributed by atoms with Gasteiger partial charge < -0.3 is 0 Å². The summed E-state index contributed by atoms with van der Waals surface area (Å²) >= 11 is 6.92. The molecule has 0 radical (unpaired) electrons. The lowest BCUT2D eigenvalue weighted by atomic mass is 10.2. The van der Waals surface area contributed by atoms with Crippen LogP contribution >= 0.6 is 31.9 Å². The number of rotatable bonds is 7. The molecule has 0 saturated heterocycles. The fourth-order valence-corrected chi connectivity index (χ4v) is 1.91. The standard InChI is InChI=1S/C12H20Br2N2/c1-4-6-7-15-11(8-13)12(9-14)16-10(3)5-2/h6-7,10H,4-5,8-9H2,1-3H3/b7-6+,15-11?,16-12?/t10-/m0/s1. The third-order valence-corrected chi connectivity index (χ3v) is 3.19. The van der Waals surface area contributed by atoms with Crippen molar-refractivity contribution in [3.8, 4) is 0 Å². The second-order valence-corrected chi connectivity index (χ2v) is 4.59. The van der Waals surface area contributed by atoms with Crippen LogP contribution in [0.1, 0.15) is 33.6 Å². The van der Waals surface area contributed by atoms with Gasteiger partial charge in [-0.25, -0.2) is 0 Å². The summed E-state index contributed by atoms with van der Waals surface area (Å²) in [5.74, 6) is 0. The molecule has 0 spiro atoms. The van der Waals surface area contributed by atoms with E-state index in [0.717, 1.165) is 34.9 Å². The van der Waals surface area contributed by atoms with Crippen molar-refractivity contribution in [2.75, 3.05) is 10.7 Å². The molecule has 92 valence electrons. The molecule has 0 amide bonds. The summed E-state index contributed by atoms with van der Waals surface area (Å²) in [6, 6.07) is 0.354. The highest BCUT2D eigenvalue weighted by Gasteiger charge is 2.07. The van der Waals surface area contributed by atoms with Crippen molar-refractivity contribution < 1.29 is 0 Å². The van der Waals surface area contributed by atoms with Crippen molar-refractivity contribution in [1.29, 1.82) is 0 Å². The molecule has 0 bridgehead atoms. The zero-order valence-electron chi connectivity index (χ0n) is 10.2. The summed E-state index contributed by atoms with van der Waals surface area (Å²) in [6.45, 7) is 6.36. The molecule has 4 heteroatoms. The minimum Gasteiger partial charge on any atom is -0.284 e. The van der Waals surface area contributed by atoms with E-state index in [2.05, 4.69) is 62.6 Å². The molecule has 0 aromatic rings. The van der Waals surface area contributed by atoms with E-state index in [-0.39, 0.29) is 0 Å². The molecular weight excluding hydrogens is 332 g/mol. The first-order valence-electron chi connectivity index (χ1n) is 5.60. The van der Waals surface area contributed by atoms with Gasteiger partial charge in [-0.05, 0) is 19.8 Å². The molecule has 1 atom stereocenters. The first-order valence-corrected chi connectivity index (χ1v) is 7.84. The average molecular weight is 352 g/mol. The van der Waals surface area contributed by atoms with Crippen LogP contribution in [-0.2, 0) is 0 Å². The van der Waals surface area contributed by atoms with E-state index in [4.69, 9.17) is 0 Å². The number of alkyl halides is 2. The number of hydrogen-bond acceptors (Lipinski definition) is 2. The van der Waals surface area contributed by atoms with Gasteiger partial charge in [-0.2, -0.15) is 0 Å². The van der Waals surface area contributed by atoms with Gasteiger partial charge in [-0.15, -0.1) is 0 Å². The minimum absolute atomic E-state index is 0.354. The van der Waals surface area contributed by atoms with Crippen molar-refractivity contribution >= 4 is 43.3 Å². The summed E-state index contributed by atoms with van der Waals surface area (Å²) in [6.07, 6.45) is 5.95. The van der Waals surface area contributed by atoms with E-state index in [1.165, 1.54) is 0 Å². The van der Waals surface area contributed by atoms with Crippen LogP contribution in [0.3, 0.4) is 0 Å². The van der Waals surface area contributed by atoms with Gasteiger partial charge in [0, 0.05) is 22.9 Å². The Bertz CT molecular complexity index is 270. The Labute approximate surface area is 116 Å². The highest BCUT2D eigenvalue weighted by Crippen LogP contribution is 2.02. The lowest BCUT2D eigenvalue weighted by molar-refractivity contribution is 0.718. The lowest BCUT2D eigenvalue weighted by Gasteiger charge is -2.08. The summed E-state index contributed by atoms with van der Waals surface area (Å²) < 4.78 is 0. The Hall–Kier alpha value is 0.0400. The van der Waals surface area contributed by atoms with E-state index in [9.17, 15) is 0 Å². The van der Waals surface area contributed by atoms with Gasteiger partial charge in [0.15, 0.2) is 0 Å². The topological polar surface area (TPSA) is 24.7 Å². The summed E-state index contributed by atoms with van der Waals surface area (Å²) in [5, 5.41) is 1.49. The SMILES string of the molecule is CC/C=C/N=C(CBr)C(CBr)=N[C@@H](C)CC. The van der Waals surface area contributed by atoms with Crippen molar-refractivity contribution in [2.24, 2.45) is 9.98 Å². The van der Waals surface area contributed by atoms with Gasteiger partial charge in [0.05, 0.1) is 11.4 Å². The van der Waals surface area contributed by atoms with Crippen molar-refractivity contribution in [3.05, 3.63) is 12.3 Å². The van der Waals surface area contributed by atoms with Crippen LogP contribution in [-0.4, -0.2) is 28.1 Å². The zero-order chi connectivity index (χ0) is 12.4. The third kappa shape index (κ3) is 6.59. The van der Waals surface area contributed by atoms with E-state index in [0.29, 0.717) is 6.04 Å². The zero-order valence-corrected chi connectivity index (χ0v) is 13.4. The minimum atomic E-state index is 0.354. The van der Waals surface area contributed by atoms with Crippen LogP contribution in [0.4, 0.5) is 0 Å². The monoisotopic (exact) mass is 350 g/mol. The normalized spacial score (nSPS) is 15.8. The Morgan fingerprint density at radius 1 is 1.19 bits per heavy atom. The van der Waals surface area contributed by atoms with Gasteiger partial charge in [-0.1, -0.05) is 51.8 Å². The Kier molecular flexibility index (Phi) is 10.2. The molecule has 0 unspecified atom stereocenters. The predicted molar refractivity (Wildman–Crippen MR) is 81.6 cm³/mol. The molecule has 0 N–H and O–H groups in total. The van der Waals surface area contributed by atoms with E-state index < -0.39 is 0 Å². The summed E-state index contributed by atoms with van der Waals surface area (Å²) in [5.41, 5.74) is 2.04. The number of halogens is 2. The molecule has 0 aliphatic rings. The first-order chi connectivity index (χ1) is 7.69. The van der Waals surface area contributed by atoms with E-state index >= 15 is 0 Å². The fraction of sp³-hybridized carbons (Fsp3) is 0.667. The lowest BCUT2D eigenvalue weighted by Crippen LogP contribution is -2.19. The smallest absolute Gasteiger partial charge is 0.0727 e. The van der Waals surface area contributed by atoms with Crippen LogP contribution < -0.4 is 0 Å². The second kappa shape index (κ2) is 10.2. The molecule has 0 aliphatic heterocycles. The van der Waals surface area contributed by atoms with Gasteiger partial charge in [-0.3, -0.25) is 9.98 Å². The average Bonchev–Trinajstić information content (AvgIpc) is 2.32. The van der Waals surface area contributed by atoms with E-state index in [1.54, 1.807) is 0 Å². The second-order valence-electron chi connectivity index (χ2n) is 3.47. The molecular formula is C12H20Br2N2. The Morgan fingerprint density at radius 2 is 1.81 bits per heavy atom. The number of hydrogen-bond donors (Lipinski definition) is 0. The van der Waals surface area contributed by atoms with Gasteiger partial charge in [0.2, 0.25) is 0 Å². The predicted octanol–water partition coefficient (Wildman–Crippen LogP) is 4.38. The highest BCUT2D eigenvalue weighted by atomic mass is 79.9. The molecule has 0 aliphatic carbocycles. The van der Waals surface area contributed by atoms with Gasteiger partial charge in [0.25, 0.3) is 0 Å². The third-order valence-electron chi connectivity index (χ3n) is 2.12.